The van der Waals surface area contributed by atoms with Gasteiger partial charge in [0, 0.05) is 6.04 Å². The maximum atomic E-state index is 6.36. The summed E-state index contributed by atoms with van der Waals surface area (Å²) >= 11 is 0. The summed E-state index contributed by atoms with van der Waals surface area (Å²) in [6.07, 6.45) is 12.6. The largest absolute Gasteiger partial charge is 0.327 e. The van der Waals surface area contributed by atoms with Crippen LogP contribution in [0.2, 0.25) is 0 Å². The van der Waals surface area contributed by atoms with E-state index in [1.54, 1.807) is 0 Å². The van der Waals surface area contributed by atoms with Gasteiger partial charge < -0.3 is 5.73 Å². The van der Waals surface area contributed by atoms with E-state index in [1.165, 1.54) is 27.9 Å². The van der Waals surface area contributed by atoms with Crippen molar-refractivity contribution in [1.29, 1.82) is 0 Å². The molecule has 0 spiro atoms. The van der Waals surface area contributed by atoms with Crippen LogP contribution in [0.1, 0.15) is 75.2 Å². The normalized spacial score (nSPS) is 17.9. The fourth-order valence-electron chi connectivity index (χ4n) is 3.52. The second kappa shape index (κ2) is 12.1. The standard InChI is InChI=1S/C27H45N/c1-12-15-24(13-2)20(5)18-21(6)26(25(14-3)23(8)28)17-16-19(4)22(7)27(9,10)11/h12-13,15-17,22-23,25H,2,4,14,18,28H2,1,3,5-11H3/b15-12-,17-16-,24-20+,26-21-. The highest BCUT2D eigenvalue weighted by molar-refractivity contribution is 5.39. The molecular formula is C27H45N. The summed E-state index contributed by atoms with van der Waals surface area (Å²) in [4.78, 5) is 0. The molecule has 0 fully saturated rings. The maximum Gasteiger partial charge on any atom is 0.00792 e. The van der Waals surface area contributed by atoms with Crippen LogP contribution in [-0.4, -0.2) is 6.04 Å². The van der Waals surface area contributed by atoms with Crippen molar-refractivity contribution in [2.24, 2.45) is 23.0 Å². The molecule has 0 radical (unpaired) electrons. The highest BCUT2D eigenvalue weighted by atomic mass is 14.6. The summed E-state index contributed by atoms with van der Waals surface area (Å²) in [5.41, 5.74) is 13.0. The average molecular weight is 384 g/mol. The van der Waals surface area contributed by atoms with E-state index in [0.717, 1.165) is 12.8 Å². The van der Waals surface area contributed by atoms with E-state index in [0.29, 0.717) is 11.8 Å². The number of hydrogen-bond donors (Lipinski definition) is 1. The fourth-order valence-corrected chi connectivity index (χ4v) is 3.52. The molecule has 0 heterocycles. The Bertz CT molecular complexity index is 644. The number of rotatable bonds is 10. The second-order valence-corrected chi connectivity index (χ2v) is 9.22. The maximum absolute atomic E-state index is 6.36. The summed E-state index contributed by atoms with van der Waals surface area (Å²) < 4.78 is 0. The molecule has 0 rings (SSSR count). The van der Waals surface area contributed by atoms with Gasteiger partial charge in [-0.1, -0.05) is 94.9 Å². The Balaban J connectivity index is 6.07. The van der Waals surface area contributed by atoms with Gasteiger partial charge >= 0.3 is 0 Å². The third-order valence-corrected chi connectivity index (χ3v) is 5.89. The molecule has 1 heteroatoms. The SMILES string of the molecule is C=CC(/C=C\C)=C(/C)C/C(C)=C(/C=C\C(=C)C(C)C(C)(C)C)C(CC)C(C)N. The van der Waals surface area contributed by atoms with Gasteiger partial charge in [-0.15, -0.1) is 0 Å². The molecule has 0 aromatic rings. The predicted octanol–water partition coefficient (Wildman–Crippen LogP) is 7.94. The molecule has 0 aliphatic heterocycles. The zero-order chi connectivity index (χ0) is 22.1. The van der Waals surface area contributed by atoms with Gasteiger partial charge in [0.25, 0.3) is 0 Å². The van der Waals surface area contributed by atoms with Crippen LogP contribution in [0.25, 0.3) is 0 Å². The monoisotopic (exact) mass is 383 g/mol. The van der Waals surface area contributed by atoms with Gasteiger partial charge in [0.1, 0.15) is 0 Å². The highest BCUT2D eigenvalue weighted by Crippen LogP contribution is 2.33. The predicted molar refractivity (Wildman–Crippen MR) is 129 cm³/mol. The van der Waals surface area contributed by atoms with Gasteiger partial charge in [-0.3, -0.25) is 0 Å². The first kappa shape index (κ1) is 26.4. The van der Waals surface area contributed by atoms with Crippen LogP contribution in [0.5, 0.6) is 0 Å². The lowest BCUT2D eigenvalue weighted by atomic mass is 9.77. The molecule has 0 aliphatic rings. The molecular weight excluding hydrogens is 338 g/mol. The minimum absolute atomic E-state index is 0.117. The van der Waals surface area contributed by atoms with Crippen molar-refractivity contribution >= 4 is 0 Å². The first-order chi connectivity index (χ1) is 12.9. The molecule has 3 unspecified atom stereocenters. The zero-order valence-electron chi connectivity index (χ0n) is 20.0. The minimum Gasteiger partial charge on any atom is -0.327 e. The minimum atomic E-state index is 0.117. The van der Waals surface area contributed by atoms with Crippen molar-refractivity contribution in [3.63, 3.8) is 0 Å². The number of hydrogen-bond acceptors (Lipinski definition) is 1. The van der Waals surface area contributed by atoms with Crippen molar-refractivity contribution in [1.82, 2.24) is 0 Å². The Kier molecular flexibility index (Phi) is 11.4. The molecule has 0 saturated carbocycles. The summed E-state index contributed by atoms with van der Waals surface area (Å²) in [6, 6.07) is 0.117. The van der Waals surface area contributed by atoms with E-state index >= 15 is 0 Å². The van der Waals surface area contributed by atoms with Gasteiger partial charge in [0.05, 0.1) is 0 Å². The van der Waals surface area contributed by atoms with Crippen molar-refractivity contribution in [2.75, 3.05) is 0 Å². The lowest BCUT2D eigenvalue weighted by Crippen LogP contribution is -2.28. The van der Waals surface area contributed by atoms with Crippen LogP contribution in [0, 0.1) is 17.3 Å². The first-order valence-corrected chi connectivity index (χ1v) is 10.7. The van der Waals surface area contributed by atoms with Crippen LogP contribution >= 0.6 is 0 Å². The lowest BCUT2D eigenvalue weighted by Gasteiger charge is -2.28. The average Bonchev–Trinajstić information content (AvgIpc) is 2.60. The molecule has 0 aliphatic carbocycles. The van der Waals surface area contributed by atoms with Gasteiger partial charge in [-0.2, -0.15) is 0 Å². The third-order valence-electron chi connectivity index (χ3n) is 5.89. The van der Waals surface area contributed by atoms with Crippen LogP contribution in [0.4, 0.5) is 0 Å². The van der Waals surface area contributed by atoms with E-state index in [2.05, 4.69) is 92.9 Å². The first-order valence-electron chi connectivity index (χ1n) is 10.7. The number of nitrogens with two attached hydrogens (primary N) is 1. The second-order valence-electron chi connectivity index (χ2n) is 9.22. The quantitative estimate of drug-likeness (QED) is 0.381. The number of allylic oxidation sites excluding steroid dienone is 9. The fraction of sp³-hybridized carbons (Fsp3) is 0.556. The van der Waals surface area contributed by atoms with Crippen molar-refractivity contribution in [2.45, 2.75) is 81.2 Å². The molecule has 3 atom stereocenters. The topological polar surface area (TPSA) is 26.0 Å². The van der Waals surface area contributed by atoms with Crippen LogP contribution < -0.4 is 5.73 Å². The highest BCUT2D eigenvalue weighted by Gasteiger charge is 2.22. The summed E-state index contributed by atoms with van der Waals surface area (Å²) in [5, 5.41) is 0. The lowest BCUT2D eigenvalue weighted by molar-refractivity contribution is 0.305. The third kappa shape index (κ3) is 8.19. The molecule has 0 aromatic carbocycles. The molecule has 0 bridgehead atoms. The molecule has 0 amide bonds. The van der Waals surface area contributed by atoms with Crippen molar-refractivity contribution in [3.05, 3.63) is 71.4 Å². The Morgan fingerprint density at radius 2 is 1.61 bits per heavy atom. The molecule has 28 heavy (non-hydrogen) atoms. The van der Waals surface area contributed by atoms with Crippen LogP contribution in [-0.2, 0) is 0 Å². The van der Waals surface area contributed by atoms with E-state index in [4.69, 9.17) is 5.73 Å². The Morgan fingerprint density at radius 1 is 1.04 bits per heavy atom. The van der Waals surface area contributed by atoms with Crippen LogP contribution in [0.3, 0.4) is 0 Å². The Labute approximate surface area is 175 Å². The van der Waals surface area contributed by atoms with Crippen molar-refractivity contribution in [3.8, 4) is 0 Å². The van der Waals surface area contributed by atoms with Crippen LogP contribution in [0.15, 0.2) is 71.4 Å². The molecule has 158 valence electrons. The van der Waals surface area contributed by atoms with Gasteiger partial charge in [-0.25, -0.2) is 0 Å². The van der Waals surface area contributed by atoms with Crippen molar-refractivity contribution < 1.29 is 0 Å². The Hall–Kier alpha value is -1.60. The molecule has 0 aromatic heterocycles. The zero-order valence-corrected chi connectivity index (χ0v) is 20.0. The van der Waals surface area contributed by atoms with E-state index in [-0.39, 0.29) is 11.5 Å². The molecule has 2 N–H and O–H groups in total. The Morgan fingerprint density at radius 3 is 2.00 bits per heavy atom. The summed E-state index contributed by atoms with van der Waals surface area (Å²) in [5.74, 6) is 0.764. The van der Waals surface area contributed by atoms with E-state index < -0.39 is 0 Å². The smallest absolute Gasteiger partial charge is 0.00792 e. The van der Waals surface area contributed by atoms with Gasteiger partial charge in [0.2, 0.25) is 0 Å². The van der Waals surface area contributed by atoms with E-state index in [1.807, 2.05) is 13.0 Å². The molecule has 1 nitrogen and oxygen atoms in total. The van der Waals surface area contributed by atoms with Gasteiger partial charge in [0.15, 0.2) is 0 Å². The summed E-state index contributed by atoms with van der Waals surface area (Å²) in [7, 11) is 0. The van der Waals surface area contributed by atoms with E-state index in [9.17, 15) is 0 Å². The molecule has 0 saturated heterocycles. The summed E-state index contributed by atoms with van der Waals surface area (Å²) in [6.45, 7) is 28.2. The van der Waals surface area contributed by atoms with Gasteiger partial charge in [-0.05, 0) is 68.9 Å².